The van der Waals surface area contributed by atoms with E-state index in [0.717, 1.165) is 33.5 Å². The second-order valence-electron chi connectivity index (χ2n) is 6.40. The monoisotopic (exact) mass is 337 g/mol. The highest BCUT2D eigenvalue weighted by molar-refractivity contribution is 5.74. The molecule has 4 rings (SSSR count). The fourth-order valence-electron chi connectivity index (χ4n) is 3.23. The highest BCUT2D eigenvalue weighted by Crippen LogP contribution is 2.30. The Hall–Kier alpha value is -3.33. The lowest BCUT2D eigenvalue weighted by molar-refractivity contribution is 1.25. The molecule has 0 atom stereocenters. The van der Waals surface area contributed by atoms with Gasteiger partial charge in [-0.25, -0.2) is 0 Å². The first-order valence-corrected chi connectivity index (χ1v) is 8.61. The summed E-state index contributed by atoms with van der Waals surface area (Å²) in [5.41, 5.74) is 9.01. The lowest BCUT2D eigenvalue weighted by atomic mass is 9.96. The van der Waals surface area contributed by atoms with Crippen molar-refractivity contribution in [3.8, 4) is 33.5 Å². The third-order valence-corrected chi connectivity index (χ3v) is 4.55. The summed E-state index contributed by atoms with van der Waals surface area (Å²) in [7, 11) is 0. The molecule has 3 aromatic heterocycles. The molecule has 0 aliphatic carbocycles. The van der Waals surface area contributed by atoms with Gasteiger partial charge in [0.15, 0.2) is 0 Å². The molecule has 0 bridgehead atoms. The minimum absolute atomic E-state index is 1.01. The number of aryl methyl sites for hydroxylation is 2. The van der Waals surface area contributed by atoms with Gasteiger partial charge >= 0.3 is 0 Å². The first-order valence-electron chi connectivity index (χ1n) is 8.61. The van der Waals surface area contributed by atoms with E-state index in [-0.39, 0.29) is 0 Å². The van der Waals surface area contributed by atoms with Crippen molar-refractivity contribution in [2.24, 2.45) is 0 Å². The van der Waals surface area contributed by atoms with Crippen LogP contribution >= 0.6 is 0 Å². The first-order chi connectivity index (χ1) is 12.7. The smallest absolute Gasteiger partial charge is 0.0731 e. The summed E-state index contributed by atoms with van der Waals surface area (Å²) < 4.78 is 0. The van der Waals surface area contributed by atoms with Gasteiger partial charge in [-0.1, -0.05) is 24.3 Å². The van der Waals surface area contributed by atoms with Gasteiger partial charge in [-0.2, -0.15) is 0 Å². The molecular formula is C23H19N3. The van der Waals surface area contributed by atoms with Crippen LogP contribution < -0.4 is 0 Å². The SMILES string of the molecule is Cc1cc(-c2ncc(-c3cccnc3)cc2C)ccc1-c1cccnc1. The van der Waals surface area contributed by atoms with Crippen LogP contribution in [0, 0.1) is 13.8 Å². The van der Waals surface area contributed by atoms with Crippen molar-refractivity contribution in [3.63, 3.8) is 0 Å². The average molecular weight is 337 g/mol. The predicted molar refractivity (Wildman–Crippen MR) is 106 cm³/mol. The van der Waals surface area contributed by atoms with E-state index in [1.807, 2.05) is 30.7 Å². The number of rotatable bonds is 3. The van der Waals surface area contributed by atoms with Crippen molar-refractivity contribution < 1.29 is 0 Å². The van der Waals surface area contributed by atoms with E-state index < -0.39 is 0 Å². The fraction of sp³-hybridized carbons (Fsp3) is 0.0870. The van der Waals surface area contributed by atoms with Gasteiger partial charge in [0, 0.05) is 53.2 Å². The van der Waals surface area contributed by atoms with Crippen LogP contribution in [0.1, 0.15) is 11.1 Å². The molecule has 4 aromatic rings. The third kappa shape index (κ3) is 3.11. The van der Waals surface area contributed by atoms with E-state index in [2.05, 4.69) is 60.2 Å². The van der Waals surface area contributed by atoms with Crippen molar-refractivity contribution in [1.82, 2.24) is 15.0 Å². The van der Waals surface area contributed by atoms with E-state index in [9.17, 15) is 0 Å². The van der Waals surface area contributed by atoms with Gasteiger partial charge in [0.05, 0.1) is 5.69 Å². The lowest BCUT2D eigenvalue weighted by Gasteiger charge is -2.11. The van der Waals surface area contributed by atoms with Crippen molar-refractivity contribution in [3.05, 3.63) is 90.6 Å². The maximum Gasteiger partial charge on any atom is 0.0731 e. The molecule has 3 heteroatoms. The van der Waals surface area contributed by atoms with Crippen molar-refractivity contribution >= 4 is 0 Å². The summed E-state index contributed by atoms with van der Waals surface area (Å²) in [4.78, 5) is 13.1. The number of nitrogens with zero attached hydrogens (tertiary/aromatic N) is 3. The zero-order valence-electron chi connectivity index (χ0n) is 14.8. The highest BCUT2D eigenvalue weighted by atomic mass is 14.7. The molecule has 0 radical (unpaired) electrons. The predicted octanol–water partition coefficient (Wildman–Crippen LogP) is 5.49. The second-order valence-corrected chi connectivity index (χ2v) is 6.40. The summed E-state index contributed by atoms with van der Waals surface area (Å²) in [6.07, 6.45) is 9.26. The van der Waals surface area contributed by atoms with Gasteiger partial charge in [-0.15, -0.1) is 0 Å². The van der Waals surface area contributed by atoms with E-state index in [1.165, 1.54) is 11.1 Å². The molecule has 3 nitrogen and oxygen atoms in total. The Morgan fingerprint density at radius 2 is 1.31 bits per heavy atom. The Kier molecular flexibility index (Phi) is 4.28. The van der Waals surface area contributed by atoms with Gasteiger partial charge in [-0.05, 0) is 54.8 Å². The van der Waals surface area contributed by atoms with Gasteiger partial charge in [0.1, 0.15) is 0 Å². The molecular weight excluding hydrogens is 318 g/mol. The molecule has 126 valence electrons. The topological polar surface area (TPSA) is 38.7 Å². The van der Waals surface area contributed by atoms with Crippen molar-refractivity contribution in [2.45, 2.75) is 13.8 Å². The van der Waals surface area contributed by atoms with Crippen LogP contribution in [-0.4, -0.2) is 15.0 Å². The van der Waals surface area contributed by atoms with Crippen LogP contribution in [0.25, 0.3) is 33.5 Å². The summed E-state index contributed by atoms with van der Waals surface area (Å²) in [6.45, 7) is 4.23. The number of hydrogen-bond donors (Lipinski definition) is 0. The van der Waals surface area contributed by atoms with Crippen LogP contribution in [0.2, 0.25) is 0 Å². The lowest BCUT2D eigenvalue weighted by Crippen LogP contribution is -1.92. The van der Waals surface area contributed by atoms with Crippen LogP contribution in [0.3, 0.4) is 0 Å². The number of aromatic nitrogens is 3. The molecule has 0 amide bonds. The maximum atomic E-state index is 4.73. The Morgan fingerprint density at radius 1 is 0.615 bits per heavy atom. The number of hydrogen-bond acceptors (Lipinski definition) is 3. The molecule has 26 heavy (non-hydrogen) atoms. The van der Waals surface area contributed by atoms with Crippen molar-refractivity contribution in [2.75, 3.05) is 0 Å². The standard InChI is InChI=1S/C23H19N3/c1-16-11-18(7-8-22(16)20-6-4-10-25-14-20)23-17(2)12-21(15-26-23)19-5-3-9-24-13-19/h3-15H,1-2H3. The Bertz CT molecular complexity index is 1040. The molecule has 0 unspecified atom stereocenters. The van der Waals surface area contributed by atoms with E-state index in [1.54, 1.807) is 12.4 Å². The molecule has 0 fully saturated rings. The van der Waals surface area contributed by atoms with E-state index in [0.29, 0.717) is 0 Å². The number of benzene rings is 1. The summed E-state index contributed by atoms with van der Waals surface area (Å²) >= 11 is 0. The third-order valence-electron chi connectivity index (χ3n) is 4.55. The van der Waals surface area contributed by atoms with Gasteiger partial charge in [-0.3, -0.25) is 15.0 Å². The Balaban J connectivity index is 1.71. The molecule has 0 aliphatic rings. The molecule has 3 heterocycles. The van der Waals surface area contributed by atoms with Crippen LogP contribution in [-0.2, 0) is 0 Å². The van der Waals surface area contributed by atoms with E-state index in [4.69, 9.17) is 4.98 Å². The normalized spacial score (nSPS) is 10.7. The van der Waals surface area contributed by atoms with Crippen LogP contribution in [0.15, 0.2) is 79.5 Å². The molecule has 0 N–H and O–H groups in total. The largest absolute Gasteiger partial charge is 0.264 e. The average Bonchev–Trinajstić information content (AvgIpc) is 2.69. The summed E-state index contributed by atoms with van der Waals surface area (Å²) in [5.74, 6) is 0. The van der Waals surface area contributed by atoms with E-state index >= 15 is 0 Å². The minimum atomic E-state index is 1.01. The molecule has 0 saturated heterocycles. The zero-order chi connectivity index (χ0) is 17.9. The molecule has 0 spiro atoms. The minimum Gasteiger partial charge on any atom is -0.264 e. The Labute approximate surface area is 153 Å². The van der Waals surface area contributed by atoms with Gasteiger partial charge in [0.25, 0.3) is 0 Å². The number of pyridine rings is 3. The Morgan fingerprint density at radius 3 is 1.92 bits per heavy atom. The first kappa shape index (κ1) is 16.2. The highest BCUT2D eigenvalue weighted by Gasteiger charge is 2.09. The second kappa shape index (κ2) is 6.89. The summed E-state index contributed by atoms with van der Waals surface area (Å²) in [5, 5.41) is 0. The van der Waals surface area contributed by atoms with Crippen LogP contribution in [0.4, 0.5) is 0 Å². The molecule has 0 aliphatic heterocycles. The van der Waals surface area contributed by atoms with Gasteiger partial charge in [0.2, 0.25) is 0 Å². The van der Waals surface area contributed by atoms with Gasteiger partial charge < -0.3 is 0 Å². The molecule has 1 aromatic carbocycles. The summed E-state index contributed by atoms with van der Waals surface area (Å²) in [6, 6.07) is 16.7. The van der Waals surface area contributed by atoms with Crippen molar-refractivity contribution in [1.29, 1.82) is 0 Å². The van der Waals surface area contributed by atoms with Crippen LogP contribution in [0.5, 0.6) is 0 Å². The zero-order valence-corrected chi connectivity index (χ0v) is 14.8. The maximum absolute atomic E-state index is 4.73. The quantitative estimate of drug-likeness (QED) is 0.496. The molecule has 0 saturated carbocycles. The fourth-order valence-corrected chi connectivity index (χ4v) is 3.23.